The minimum absolute atomic E-state index is 0.197. The van der Waals surface area contributed by atoms with Gasteiger partial charge in [0.05, 0.1) is 20.0 Å². The van der Waals surface area contributed by atoms with Crippen LogP contribution in [-0.4, -0.2) is 53.0 Å². The largest absolute Gasteiger partial charge is 0.497 e. The third kappa shape index (κ3) is 7.09. The van der Waals surface area contributed by atoms with Crippen LogP contribution in [0.3, 0.4) is 0 Å². The van der Waals surface area contributed by atoms with Gasteiger partial charge in [-0.2, -0.15) is 8.42 Å². The SMILES string of the molecule is COCCN(Cc1cccc(OS(C)(=O)=O)c1)C(=O)Nc1ccc(OC)cc1. The van der Waals surface area contributed by atoms with Crippen molar-refractivity contribution in [3.8, 4) is 11.5 Å². The lowest BCUT2D eigenvalue weighted by atomic mass is 10.2. The third-order valence-corrected chi connectivity index (χ3v) is 4.21. The number of carbonyl (C=O) groups excluding carboxylic acids is 1. The summed E-state index contributed by atoms with van der Waals surface area (Å²) in [6, 6.07) is 13.3. The first-order valence-corrected chi connectivity index (χ1v) is 10.3. The van der Waals surface area contributed by atoms with E-state index < -0.39 is 10.1 Å². The molecule has 2 amide bonds. The van der Waals surface area contributed by atoms with E-state index in [2.05, 4.69) is 5.32 Å². The number of hydrogen-bond acceptors (Lipinski definition) is 6. The maximum absolute atomic E-state index is 12.7. The number of carbonyl (C=O) groups is 1. The van der Waals surface area contributed by atoms with E-state index in [0.717, 1.165) is 11.8 Å². The number of rotatable bonds is 9. The lowest BCUT2D eigenvalue weighted by Crippen LogP contribution is -2.36. The number of methoxy groups -OCH3 is 2. The van der Waals surface area contributed by atoms with Crippen LogP contribution in [0.15, 0.2) is 48.5 Å². The molecule has 8 nitrogen and oxygen atoms in total. The van der Waals surface area contributed by atoms with Crippen molar-refractivity contribution in [1.82, 2.24) is 4.90 Å². The smallest absolute Gasteiger partial charge is 0.322 e. The second-order valence-corrected chi connectivity index (χ2v) is 7.58. The van der Waals surface area contributed by atoms with Crippen molar-refractivity contribution < 1.29 is 26.9 Å². The molecule has 0 aliphatic carbocycles. The zero-order valence-corrected chi connectivity index (χ0v) is 16.9. The molecule has 0 heterocycles. The summed E-state index contributed by atoms with van der Waals surface area (Å²) in [5, 5.41) is 2.82. The lowest BCUT2D eigenvalue weighted by Gasteiger charge is -2.23. The van der Waals surface area contributed by atoms with Crippen LogP contribution in [0.5, 0.6) is 11.5 Å². The molecule has 9 heteroatoms. The molecule has 0 aliphatic heterocycles. The van der Waals surface area contributed by atoms with Gasteiger partial charge >= 0.3 is 16.1 Å². The highest BCUT2D eigenvalue weighted by Gasteiger charge is 2.15. The summed E-state index contributed by atoms with van der Waals surface area (Å²) in [4.78, 5) is 14.3. The number of nitrogens with one attached hydrogen (secondary N) is 1. The summed E-state index contributed by atoms with van der Waals surface area (Å²) in [5.41, 5.74) is 1.35. The Bertz CT molecular complexity index is 884. The Hall–Kier alpha value is -2.78. The Labute approximate surface area is 165 Å². The van der Waals surface area contributed by atoms with Gasteiger partial charge in [-0.3, -0.25) is 0 Å². The lowest BCUT2D eigenvalue weighted by molar-refractivity contribution is 0.153. The highest BCUT2D eigenvalue weighted by atomic mass is 32.2. The molecule has 0 aromatic heterocycles. The van der Waals surface area contributed by atoms with E-state index in [-0.39, 0.29) is 18.3 Å². The van der Waals surface area contributed by atoms with Crippen LogP contribution in [0.4, 0.5) is 10.5 Å². The van der Waals surface area contributed by atoms with E-state index >= 15 is 0 Å². The molecule has 2 rings (SSSR count). The van der Waals surface area contributed by atoms with Gasteiger partial charge in [0, 0.05) is 25.9 Å². The number of benzene rings is 2. The Morgan fingerprint density at radius 3 is 2.39 bits per heavy atom. The maximum atomic E-state index is 12.7. The van der Waals surface area contributed by atoms with Crippen LogP contribution < -0.4 is 14.2 Å². The molecule has 0 unspecified atom stereocenters. The van der Waals surface area contributed by atoms with Crippen molar-refractivity contribution >= 4 is 21.8 Å². The van der Waals surface area contributed by atoms with Gasteiger partial charge in [-0.05, 0) is 42.0 Å². The summed E-state index contributed by atoms with van der Waals surface area (Å²) in [6.45, 7) is 0.970. The summed E-state index contributed by atoms with van der Waals surface area (Å²) >= 11 is 0. The zero-order valence-electron chi connectivity index (χ0n) is 16.0. The molecule has 0 saturated carbocycles. The first-order valence-electron chi connectivity index (χ1n) is 8.48. The first-order chi connectivity index (χ1) is 13.3. The summed E-state index contributed by atoms with van der Waals surface area (Å²) in [7, 11) is -0.496. The van der Waals surface area contributed by atoms with Crippen LogP contribution in [0, 0.1) is 0 Å². The van der Waals surface area contributed by atoms with Crippen molar-refractivity contribution in [3.05, 3.63) is 54.1 Å². The molecule has 2 aromatic rings. The van der Waals surface area contributed by atoms with Crippen LogP contribution in [-0.2, 0) is 21.4 Å². The van der Waals surface area contributed by atoms with E-state index in [1.54, 1.807) is 67.7 Å². The van der Waals surface area contributed by atoms with Gasteiger partial charge < -0.3 is 23.9 Å². The molecule has 0 spiro atoms. The fourth-order valence-electron chi connectivity index (χ4n) is 2.42. The molecule has 0 fully saturated rings. The van der Waals surface area contributed by atoms with Crippen molar-refractivity contribution in [2.75, 3.05) is 38.9 Å². The number of urea groups is 1. The van der Waals surface area contributed by atoms with Crippen molar-refractivity contribution in [1.29, 1.82) is 0 Å². The molecular weight excluding hydrogens is 384 g/mol. The highest BCUT2D eigenvalue weighted by molar-refractivity contribution is 7.86. The maximum Gasteiger partial charge on any atom is 0.322 e. The average molecular weight is 408 g/mol. The summed E-state index contributed by atoms with van der Waals surface area (Å²) in [5.74, 6) is 0.888. The van der Waals surface area contributed by atoms with Crippen LogP contribution in [0.1, 0.15) is 5.56 Å². The van der Waals surface area contributed by atoms with E-state index in [9.17, 15) is 13.2 Å². The van der Waals surface area contributed by atoms with Crippen molar-refractivity contribution in [2.24, 2.45) is 0 Å². The fourth-order valence-corrected chi connectivity index (χ4v) is 2.87. The van der Waals surface area contributed by atoms with E-state index in [4.69, 9.17) is 13.7 Å². The van der Waals surface area contributed by atoms with Gasteiger partial charge in [-0.25, -0.2) is 4.79 Å². The predicted molar refractivity (Wildman–Crippen MR) is 106 cm³/mol. The second-order valence-electron chi connectivity index (χ2n) is 6.01. The molecule has 0 radical (unpaired) electrons. The minimum atomic E-state index is -3.62. The zero-order chi connectivity index (χ0) is 20.6. The summed E-state index contributed by atoms with van der Waals surface area (Å²) < 4.78 is 37.7. The van der Waals surface area contributed by atoms with Crippen LogP contribution in [0.2, 0.25) is 0 Å². The summed E-state index contributed by atoms with van der Waals surface area (Å²) in [6.07, 6.45) is 0.979. The van der Waals surface area contributed by atoms with Gasteiger partial charge in [0.1, 0.15) is 11.5 Å². The molecule has 0 atom stereocenters. The first kappa shape index (κ1) is 21.5. The quantitative estimate of drug-likeness (QED) is 0.641. The van der Waals surface area contributed by atoms with E-state index in [1.165, 1.54) is 0 Å². The van der Waals surface area contributed by atoms with Gasteiger partial charge in [0.25, 0.3) is 0 Å². The topological polar surface area (TPSA) is 94.2 Å². The molecule has 28 heavy (non-hydrogen) atoms. The monoisotopic (exact) mass is 408 g/mol. The third-order valence-electron chi connectivity index (χ3n) is 3.71. The second kappa shape index (κ2) is 9.95. The number of ether oxygens (including phenoxy) is 2. The van der Waals surface area contributed by atoms with E-state index in [1.807, 2.05) is 0 Å². The predicted octanol–water partition coefficient (Wildman–Crippen LogP) is 2.71. The molecule has 1 N–H and O–H groups in total. The normalized spacial score (nSPS) is 11.0. The molecule has 2 aromatic carbocycles. The number of anilines is 1. The number of hydrogen-bond donors (Lipinski definition) is 1. The fraction of sp³-hybridized carbons (Fsp3) is 0.316. The Morgan fingerprint density at radius 1 is 1.07 bits per heavy atom. The molecule has 0 bridgehead atoms. The highest BCUT2D eigenvalue weighted by Crippen LogP contribution is 2.18. The van der Waals surface area contributed by atoms with Crippen LogP contribution >= 0.6 is 0 Å². The minimum Gasteiger partial charge on any atom is -0.497 e. The standard InChI is InChI=1S/C19H24N2O6S/c1-25-12-11-21(19(22)20-16-7-9-17(26-2)10-8-16)14-15-5-4-6-18(13-15)27-28(3,23)24/h4-10,13H,11-12,14H2,1-3H3,(H,20,22). The molecular formula is C19H24N2O6S. The molecule has 0 aliphatic rings. The van der Waals surface area contributed by atoms with Gasteiger partial charge in [0.15, 0.2) is 0 Å². The van der Waals surface area contributed by atoms with Gasteiger partial charge in [-0.15, -0.1) is 0 Å². The van der Waals surface area contributed by atoms with Gasteiger partial charge in [-0.1, -0.05) is 12.1 Å². The van der Waals surface area contributed by atoms with Crippen LogP contribution in [0.25, 0.3) is 0 Å². The van der Waals surface area contributed by atoms with Crippen molar-refractivity contribution in [2.45, 2.75) is 6.54 Å². The molecule has 0 saturated heterocycles. The average Bonchev–Trinajstić information content (AvgIpc) is 2.64. The Morgan fingerprint density at radius 2 is 1.79 bits per heavy atom. The number of nitrogens with zero attached hydrogens (tertiary/aromatic N) is 1. The Kier molecular flexibility index (Phi) is 7.65. The Balaban J connectivity index is 2.11. The number of amides is 2. The van der Waals surface area contributed by atoms with Crippen molar-refractivity contribution in [3.63, 3.8) is 0 Å². The van der Waals surface area contributed by atoms with Gasteiger partial charge in [0.2, 0.25) is 0 Å². The molecule has 152 valence electrons. The van der Waals surface area contributed by atoms with E-state index in [0.29, 0.717) is 24.6 Å².